The molecule has 0 radical (unpaired) electrons. The van der Waals surface area contributed by atoms with E-state index in [1.807, 2.05) is 12.5 Å². The zero-order valence-electron chi connectivity index (χ0n) is 11.1. The molecular weight excluding hydrogens is 210 g/mol. The van der Waals surface area contributed by atoms with E-state index in [1.165, 1.54) is 16.3 Å². The van der Waals surface area contributed by atoms with E-state index in [0.29, 0.717) is 5.92 Å². The van der Waals surface area contributed by atoms with E-state index in [0.717, 1.165) is 6.54 Å². The summed E-state index contributed by atoms with van der Waals surface area (Å²) in [6.45, 7) is 9.81. The normalized spacial score (nSPS) is 14.1. The van der Waals surface area contributed by atoms with Gasteiger partial charge in [-0.15, -0.1) is 0 Å². The summed E-state index contributed by atoms with van der Waals surface area (Å²) in [4.78, 5) is 0. The van der Waals surface area contributed by atoms with Crippen LogP contribution >= 0.6 is 0 Å². The molecule has 1 atom stereocenters. The van der Waals surface area contributed by atoms with Crippen LogP contribution in [0, 0.1) is 0 Å². The molecule has 2 heteroatoms. The molecule has 0 aliphatic carbocycles. The van der Waals surface area contributed by atoms with Crippen LogP contribution in [0.1, 0.15) is 39.2 Å². The van der Waals surface area contributed by atoms with E-state index >= 15 is 0 Å². The van der Waals surface area contributed by atoms with Crippen LogP contribution in [0.3, 0.4) is 0 Å². The van der Waals surface area contributed by atoms with Crippen LogP contribution in [0.25, 0.3) is 10.8 Å². The number of hydrogen-bond donors (Lipinski definition) is 1. The third kappa shape index (κ3) is 2.89. The zero-order valence-corrected chi connectivity index (χ0v) is 11.1. The van der Waals surface area contributed by atoms with Crippen molar-refractivity contribution in [3.05, 3.63) is 36.3 Å². The molecule has 1 unspecified atom stereocenters. The molecule has 1 aromatic carbocycles. The van der Waals surface area contributed by atoms with Crippen LogP contribution in [-0.2, 0) is 0 Å². The number of nitrogens with one attached hydrogen (secondary N) is 1. The Morgan fingerprint density at radius 3 is 2.71 bits per heavy atom. The smallest absolute Gasteiger partial charge is 0.0984 e. The van der Waals surface area contributed by atoms with Gasteiger partial charge in [0.15, 0.2) is 0 Å². The van der Waals surface area contributed by atoms with E-state index in [1.54, 1.807) is 0 Å². The largest absolute Gasteiger partial charge is 0.471 e. The van der Waals surface area contributed by atoms with Gasteiger partial charge in [0.1, 0.15) is 0 Å². The van der Waals surface area contributed by atoms with Gasteiger partial charge in [0.05, 0.1) is 12.5 Å². The minimum absolute atomic E-state index is 0.165. The molecule has 0 bridgehead atoms. The van der Waals surface area contributed by atoms with Gasteiger partial charge in [-0.05, 0) is 32.3 Å². The highest BCUT2D eigenvalue weighted by atomic mass is 16.3. The summed E-state index contributed by atoms with van der Waals surface area (Å²) < 4.78 is 5.28. The Labute approximate surface area is 103 Å². The van der Waals surface area contributed by atoms with Gasteiger partial charge >= 0.3 is 0 Å². The second-order valence-corrected chi connectivity index (χ2v) is 5.75. The second kappa shape index (κ2) is 4.53. The summed E-state index contributed by atoms with van der Waals surface area (Å²) in [6, 6.07) is 6.37. The molecule has 1 heterocycles. The van der Waals surface area contributed by atoms with Crippen molar-refractivity contribution < 1.29 is 4.42 Å². The molecule has 0 aliphatic rings. The Morgan fingerprint density at radius 1 is 1.24 bits per heavy atom. The Balaban J connectivity index is 2.19. The van der Waals surface area contributed by atoms with Crippen LogP contribution in [0.15, 0.2) is 35.1 Å². The van der Waals surface area contributed by atoms with Crippen molar-refractivity contribution in [2.75, 3.05) is 6.54 Å². The van der Waals surface area contributed by atoms with Gasteiger partial charge in [-0.25, -0.2) is 0 Å². The summed E-state index contributed by atoms with van der Waals surface area (Å²) in [5.74, 6) is 0.482. The molecule has 0 saturated carbocycles. The molecule has 2 aromatic rings. The first-order valence-electron chi connectivity index (χ1n) is 6.17. The van der Waals surface area contributed by atoms with Crippen LogP contribution in [0.5, 0.6) is 0 Å². The molecule has 2 rings (SSSR count). The van der Waals surface area contributed by atoms with Crippen LogP contribution in [-0.4, -0.2) is 12.1 Å². The van der Waals surface area contributed by atoms with Gasteiger partial charge in [-0.2, -0.15) is 0 Å². The molecule has 1 aromatic heterocycles. The summed E-state index contributed by atoms with van der Waals surface area (Å²) in [6.07, 6.45) is 3.65. The summed E-state index contributed by atoms with van der Waals surface area (Å²) in [7, 11) is 0. The fourth-order valence-electron chi connectivity index (χ4n) is 2.01. The Bertz CT molecular complexity index is 493. The maximum absolute atomic E-state index is 5.28. The predicted octanol–water partition coefficient (Wildman–Crippen LogP) is 3.92. The molecule has 0 fully saturated rings. The summed E-state index contributed by atoms with van der Waals surface area (Å²) in [5.41, 5.74) is 1.52. The molecule has 0 spiro atoms. The summed E-state index contributed by atoms with van der Waals surface area (Å²) in [5, 5.41) is 5.96. The van der Waals surface area contributed by atoms with Crippen molar-refractivity contribution in [3.8, 4) is 0 Å². The number of furan rings is 1. The fourth-order valence-corrected chi connectivity index (χ4v) is 2.01. The number of hydrogen-bond acceptors (Lipinski definition) is 2. The molecule has 17 heavy (non-hydrogen) atoms. The van der Waals surface area contributed by atoms with Gasteiger partial charge in [0.2, 0.25) is 0 Å². The number of fused-ring (bicyclic) bond motifs is 1. The predicted molar refractivity (Wildman–Crippen MR) is 72.4 cm³/mol. The lowest BCUT2D eigenvalue weighted by atomic mass is 9.96. The topological polar surface area (TPSA) is 25.2 Å². The quantitative estimate of drug-likeness (QED) is 0.866. The first-order valence-corrected chi connectivity index (χ1v) is 6.17. The van der Waals surface area contributed by atoms with E-state index < -0.39 is 0 Å². The summed E-state index contributed by atoms with van der Waals surface area (Å²) >= 11 is 0. The van der Waals surface area contributed by atoms with Crippen molar-refractivity contribution >= 4 is 10.8 Å². The highest BCUT2D eigenvalue weighted by Gasteiger charge is 2.14. The molecule has 92 valence electrons. The SMILES string of the molecule is CC(CNC(C)(C)C)c1cccc2cocc12. The van der Waals surface area contributed by atoms with Crippen molar-refractivity contribution in [1.29, 1.82) is 0 Å². The van der Waals surface area contributed by atoms with E-state index in [-0.39, 0.29) is 5.54 Å². The average molecular weight is 231 g/mol. The van der Waals surface area contributed by atoms with Gasteiger partial charge in [0.25, 0.3) is 0 Å². The van der Waals surface area contributed by atoms with Crippen molar-refractivity contribution in [3.63, 3.8) is 0 Å². The van der Waals surface area contributed by atoms with Gasteiger partial charge in [0, 0.05) is 22.9 Å². The zero-order chi connectivity index (χ0) is 12.5. The fraction of sp³-hybridized carbons (Fsp3) is 0.467. The number of rotatable bonds is 3. The highest BCUT2D eigenvalue weighted by molar-refractivity contribution is 5.84. The molecule has 0 saturated heterocycles. The maximum atomic E-state index is 5.28. The Morgan fingerprint density at radius 2 is 2.00 bits per heavy atom. The van der Waals surface area contributed by atoms with Crippen molar-refractivity contribution in [2.24, 2.45) is 0 Å². The highest BCUT2D eigenvalue weighted by Crippen LogP contribution is 2.26. The van der Waals surface area contributed by atoms with Gasteiger partial charge in [-0.1, -0.05) is 25.1 Å². The minimum Gasteiger partial charge on any atom is -0.471 e. The molecule has 2 nitrogen and oxygen atoms in total. The lowest BCUT2D eigenvalue weighted by Crippen LogP contribution is -2.38. The van der Waals surface area contributed by atoms with Crippen LogP contribution in [0.2, 0.25) is 0 Å². The number of benzene rings is 1. The lowest BCUT2D eigenvalue weighted by Gasteiger charge is -2.23. The minimum atomic E-state index is 0.165. The second-order valence-electron chi connectivity index (χ2n) is 5.75. The molecular formula is C15H21NO. The first-order chi connectivity index (χ1) is 7.97. The maximum Gasteiger partial charge on any atom is 0.0984 e. The average Bonchev–Trinajstić information content (AvgIpc) is 2.72. The van der Waals surface area contributed by atoms with Crippen LogP contribution < -0.4 is 5.32 Å². The lowest BCUT2D eigenvalue weighted by molar-refractivity contribution is 0.413. The van der Waals surface area contributed by atoms with Gasteiger partial charge in [-0.3, -0.25) is 0 Å². The first kappa shape index (κ1) is 12.2. The standard InChI is InChI=1S/C15H21NO/c1-11(8-16-15(2,3)4)13-7-5-6-12-9-17-10-14(12)13/h5-7,9-11,16H,8H2,1-4H3. The molecule has 0 amide bonds. The van der Waals surface area contributed by atoms with E-state index in [9.17, 15) is 0 Å². The van der Waals surface area contributed by atoms with Crippen LogP contribution in [0.4, 0.5) is 0 Å². The monoisotopic (exact) mass is 231 g/mol. The van der Waals surface area contributed by atoms with Gasteiger partial charge < -0.3 is 9.73 Å². The third-order valence-corrected chi connectivity index (χ3v) is 3.02. The Hall–Kier alpha value is -1.28. The Kier molecular flexibility index (Phi) is 3.25. The van der Waals surface area contributed by atoms with Crippen molar-refractivity contribution in [1.82, 2.24) is 5.32 Å². The third-order valence-electron chi connectivity index (χ3n) is 3.02. The molecule has 0 aliphatic heterocycles. The molecule has 1 N–H and O–H groups in total. The van der Waals surface area contributed by atoms with E-state index in [4.69, 9.17) is 4.42 Å². The van der Waals surface area contributed by atoms with Crippen molar-refractivity contribution in [2.45, 2.75) is 39.2 Å². The van der Waals surface area contributed by atoms with E-state index in [2.05, 4.69) is 51.2 Å².